The number of rotatable bonds is 4. The smallest absolute Gasteiger partial charge is 0.240 e. The predicted octanol–water partition coefficient (Wildman–Crippen LogP) is 1.41. The normalized spacial score (nSPS) is 17.9. The Morgan fingerprint density at radius 2 is 1.60 bits per heavy atom. The highest BCUT2D eigenvalue weighted by Gasteiger charge is 2.28. The van der Waals surface area contributed by atoms with Crippen molar-refractivity contribution in [1.82, 2.24) is 0 Å². The first-order valence-corrected chi connectivity index (χ1v) is 9.53. The van der Waals surface area contributed by atoms with Crippen molar-refractivity contribution >= 4 is 25.7 Å². The number of primary sulfonamides is 1. The number of benzene rings is 1. The number of hydrogen-bond donors (Lipinski definition) is 2. The Labute approximate surface area is 119 Å². The minimum Gasteiger partial charge on any atom is -0.282 e. The van der Waals surface area contributed by atoms with Gasteiger partial charge in [-0.3, -0.25) is 4.72 Å². The average molecular weight is 318 g/mol. The lowest BCUT2D eigenvalue weighted by atomic mass is 10.0. The minimum atomic E-state index is -3.96. The van der Waals surface area contributed by atoms with Crippen LogP contribution < -0.4 is 9.86 Å². The molecule has 0 aliphatic heterocycles. The van der Waals surface area contributed by atoms with Gasteiger partial charge in [-0.25, -0.2) is 22.0 Å². The number of sulfonamides is 2. The second-order valence-corrected chi connectivity index (χ2v) is 8.44. The summed E-state index contributed by atoms with van der Waals surface area (Å²) in [6.07, 6.45) is 4.00. The lowest BCUT2D eigenvalue weighted by molar-refractivity contribution is 0.486. The average Bonchev–Trinajstić information content (AvgIpc) is 2.39. The lowest BCUT2D eigenvalue weighted by Gasteiger charge is -2.23. The molecule has 0 unspecified atom stereocenters. The van der Waals surface area contributed by atoms with Crippen LogP contribution in [0.3, 0.4) is 0 Å². The van der Waals surface area contributed by atoms with Gasteiger partial charge in [0.2, 0.25) is 20.0 Å². The highest BCUT2D eigenvalue weighted by Crippen LogP contribution is 2.27. The van der Waals surface area contributed by atoms with Gasteiger partial charge < -0.3 is 0 Å². The first kappa shape index (κ1) is 15.3. The number of anilines is 1. The van der Waals surface area contributed by atoms with E-state index in [1.54, 1.807) is 6.07 Å². The van der Waals surface area contributed by atoms with Crippen molar-refractivity contribution in [2.24, 2.45) is 5.14 Å². The highest BCUT2D eigenvalue weighted by molar-refractivity contribution is 7.93. The van der Waals surface area contributed by atoms with Crippen molar-refractivity contribution in [3.8, 4) is 0 Å². The molecule has 1 aromatic rings. The molecule has 0 amide bonds. The molecule has 8 heteroatoms. The summed E-state index contributed by atoms with van der Waals surface area (Å²) in [5.74, 6) is 0. The highest BCUT2D eigenvalue weighted by atomic mass is 32.2. The van der Waals surface area contributed by atoms with Gasteiger partial charge >= 0.3 is 0 Å². The van der Waals surface area contributed by atoms with E-state index < -0.39 is 25.3 Å². The van der Waals surface area contributed by atoms with Crippen LogP contribution in [0.4, 0.5) is 5.69 Å². The van der Waals surface area contributed by atoms with Crippen LogP contribution >= 0.6 is 0 Å². The van der Waals surface area contributed by atoms with Gasteiger partial charge in [0.15, 0.2) is 0 Å². The van der Waals surface area contributed by atoms with Crippen LogP contribution in [-0.4, -0.2) is 22.1 Å². The van der Waals surface area contributed by atoms with Crippen molar-refractivity contribution in [3.63, 3.8) is 0 Å². The molecule has 0 heterocycles. The molecule has 1 fully saturated rings. The van der Waals surface area contributed by atoms with Crippen molar-refractivity contribution in [2.75, 3.05) is 4.72 Å². The Morgan fingerprint density at radius 1 is 1.00 bits per heavy atom. The summed E-state index contributed by atoms with van der Waals surface area (Å²) in [7, 11) is -7.55. The molecular formula is C12H18N2O4S2. The fourth-order valence-electron chi connectivity index (χ4n) is 2.41. The van der Waals surface area contributed by atoms with Gasteiger partial charge in [0, 0.05) is 0 Å². The Balaban J connectivity index is 2.30. The van der Waals surface area contributed by atoms with Crippen molar-refractivity contribution in [3.05, 3.63) is 24.3 Å². The van der Waals surface area contributed by atoms with E-state index in [0.29, 0.717) is 12.8 Å². The van der Waals surface area contributed by atoms with Gasteiger partial charge in [0.25, 0.3) is 0 Å². The number of para-hydroxylation sites is 1. The van der Waals surface area contributed by atoms with Gasteiger partial charge in [-0.15, -0.1) is 0 Å². The summed E-state index contributed by atoms with van der Waals surface area (Å²) in [5, 5.41) is 4.62. The molecule has 6 nitrogen and oxygen atoms in total. The maximum Gasteiger partial charge on any atom is 0.240 e. The Hall–Kier alpha value is -1.12. The summed E-state index contributed by atoms with van der Waals surface area (Å²) >= 11 is 0. The van der Waals surface area contributed by atoms with Crippen molar-refractivity contribution in [2.45, 2.75) is 42.2 Å². The van der Waals surface area contributed by atoms with Crippen LogP contribution in [0.5, 0.6) is 0 Å². The van der Waals surface area contributed by atoms with E-state index in [2.05, 4.69) is 4.72 Å². The van der Waals surface area contributed by atoms with Crippen LogP contribution in [0.1, 0.15) is 32.1 Å². The summed E-state index contributed by atoms with van der Waals surface area (Å²) in [6.45, 7) is 0. The molecule has 3 N–H and O–H groups in total. The number of nitrogens with one attached hydrogen (secondary N) is 1. The monoisotopic (exact) mass is 318 g/mol. The zero-order chi connectivity index (χ0) is 14.8. The van der Waals surface area contributed by atoms with Crippen LogP contribution in [0.15, 0.2) is 29.2 Å². The van der Waals surface area contributed by atoms with E-state index in [0.717, 1.165) is 19.3 Å². The minimum absolute atomic E-state index is 0.0144. The maximum atomic E-state index is 12.3. The zero-order valence-electron chi connectivity index (χ0n) is 10.9. The summed E-state index contributed by atoms with van der Waals surface area (Å²) in [5.41, 5.74) is 0.0144. The molecule has 0 bridgehead atoms. The third kappa shape index (κ3) is 3.50. The Kier molecular flexibility index (Phi) is 4.36. The molecule has 112 valence electrons. The second-order valence-electron chi connectivity index (χ2n) is 4.95. The van der Waals surface area contributed by atoms with E-state index in [9.17, 15) is 16.8 Å². The first-order valence-electron chi connectivity index (χ1n) is 6.44. The predicted molar refractivity (Wildman–Crippen MR) is 77.2 cm³/mol. The first-order chi connectivity index (χ1) is 9.31. The van der Waals surface area contributed by atoms with Crippen molar-refractivity contribution in [1.29, 1.82) is 0 Å². The number of nitrogens with two attached hydrogens (primary N) is 1. The Morgan fingerprint density at radius 3 is 2.20 bits per heavy atom. The van der Waals surface area contributed by atoms with Gasteiger partial charge in [-0.2, -0.15) is 0 Å². The third-order valence-corrected chi connectivity index (χ3v) is 6.26. The van der Waals surface area contributed by atoms with Crippen LogP contribution in [-0.2, 0) is 20.0 Å². The molecule has 0 radical (unpaired) electrons. The quantitative estimate of drug-likeness (QED) is 0.875. The van der Waals surface area contributed by atoms with Crippen LogP contribution in [0.2, 0.25) is 0 Å². The molecule has 1 aromatic carbocycles. The molecule has 1 aliphatic rings. The fourth-order valence-corrected chi connectivity index (χ4v) is 4.77. The summed E-state index contributed by atoms with van der Waals surface area (Å²) in [6, 6.07) is 5.75. The van der Waals surface area contributed by atoms with Crippen LogP contribution in [0, 0.1) is 0 Å². The Bertz CT molecular complexity index is 677. The van der Waals surface area contributed by atoms with E-state index in [1.165, 1.54) is 18.2 Å². The molecule has 1 saturated carbocycles. The molecule has 0 spiro atoms. The topological polar surface area (TPSA) is 106 Å². The van der Waals surface area contributed by atoms with Gasteiger partial charge in [0.1, 0.15) is 4.90 Å². The summed E-state index contributed by atoms with van der Waals surface area (Å²) in [4.78, 5) is -0.209. The van der Waals surface area contributed by atoms with Gasteiger partial charge in [-0.05, 0) is 25.0 Å². The lowest BCUT2D eigenvalue weighted by Crippen LogP contribution is -2.30. The van der Waals surface area contributed by atoms with E-state index in [-0.39, 0.29) is 10.6 Å². The zero-order valence-corrected chi connectivity index (χ0v) is 12.6. The molecular weight excluding hydrogens is 300 g/mol. The summed E-state index contributed by atoms with van der Waals surface area (Å²) < 4.78 is 49.9. The number of hydrogen-bond acceptors (Lipinski definition) is 4. The standard InChI is InChI=1S/C12H18N2O4S2/c13-19(15,16)12-9-5-4-8-11(12)14-20(17,18)10-6-2-1-3-7-10/h4-5,8-10,14H,1-3,6-7H2,(H2,13,15,16). The molecule has 0 saturated heterocycles. The molecule has 0 atom stereocenters. The largest absolute Gasteiger partial charge is 0.282 e. The third-order valence-electron chi connectivity index (χ3n) is 3.44. The van der Waals surface area contributed by atoms with Gasteiger partial charge in [-0.1, -0.05) is 31.4 Å². The van der Waals surface area contributed by atoms with E-state index in [4.69, 9.17) is 5.14 Å². The maximum absolute atomic E-state index is 12.3. The fraction of sp³-hybridized carbons (Fsp3) is 0.500. The SMILES string of the molecule is NS(=O)(=O)c1ccccc1NS(=O)(=O)C1CCCCC1. The molecule has 2 rings (SSSR count). The van der Waals surface area contributed by atoms with E-state index in [1.807, 2.05) is 0 Å². The molecule has 0 aromatic heterocycles. The van der Waals surface area contributed by atoms with Crippen LogP contribution in [0.25, 0.3) is 0 Å². The molecule has 1 aliphatic carbocycles. The molecule has 20 heavy (non-hydrogen) atoms. The van der Waals surface area contributed by atoms with Gasteiger partial charge in [0.05, 0.1) is 10.9 Å². The second kappa shape index (κ2) is 5.71. The van der Waals surface area contributed by atoms with E-state index >= 15 is 0 Å². The van der Waals surface area contributed by atoms with Crippen molar-refractivity contribution < 1.29 is 16.8 Å².